The SMILES string of the molecule is C1=Cc2cc3ccccc3cc2CC1.[Li]. The molecule has 1 heteroatoms. The minimum absolute atomic E-state index is 0. The van der Waals surface area contributed by atoms with Crippen molar-refractivity contribution >= 4 is 35.7 Å². The third-order valence-electron chi connectivity index (χ3n) is 2.89. The van der Waals surface area contributed by atoms with Crippen LogP contribution in [0.25, 0.3) is 16.8 Å². The first-order valence-corrected chi connectivity index (χ1v) is 5.12. The molecule has 15 heavy (non-hydrogen) atoms. The van der Waals surface area contributed by atoms with E-state index < -0.39 is 0 Å². The van der Waals surface area contributed by atoms with Crippen molar-refractivity contribution in [3.8, 4) is 0 Å². The quantitative estimate of drug-likeness (QED) is 0.554. The van der Waals surface area contributed by atoms with Crippen LogP contribution < -0.4 is 0 Å². The number of rotatable bonds is 0. The average molecular weight is 187 g/mol. The van der Waals surface area contributed by atoms with Crippen LogP contribution in [-0.4, -0.2) is 18.9 Å². The fourth-order valence-corrected chi connectivity index (χ4v) is 2.13. The van der Waals surface area contributed by atoms with Gasteiger partial charge in [-0.15, -0.1) is 0 Å². The van der Waals surface area contributed by atoms with E-state index in [1.807, 2.05) is 0 Å². The van der Waals surface area contributed by atoms with E-state index in [-0.39, 0.29) is 18.9 Å². The smallest absolute Gasteiger partial charge is 0 e. The predicted molar refractivity (Wildman–Crippen MR) is 67.1 cm³/mol. The van der Waals surface area contributed by atoms with Crippen LogP contribution in [-0.2, 0) is 6.42 Å². The molecule has 0 N–H and O–H groups in total. The van der Waals surface area contributed by atoms with Crippen LogP contribution in [0.3, 0.4) is 0 Å². The molecule has 0 saturated heterocycles. The number of benzene rings is 2. The van der Waals surface area contributed by atoms with Crippen LogP contribution in [0, 0.1) is 0 Å². The van der Waals surface area contributed by atoms with Gasteiger partial charge in [-0.25, -0.2) is 0 Å². The number of allylic oxidation sites excluding steroid dienone is 1. The van der Waals surface area contributed by atoms with Crippen LogP contribution in [0.1, 0.15) is 17.5 Å². The van der Waals surface area contributed by atoms with Crippen molar-refractivity contribution in [2.24, 2.45) is 0 Å². The normalized spacial score (nSPS) is 13.3. The maximum Gasteiger partial charge on any atom is 0 e. The van der Waals surface area contributed by atoms with Gasteiger partial charge in [-0.2, -0.15) is 0 Å². The molecule has 0 unspecified atom stereocenters. The first-order valence-electron chi connectivity index (χ1n) is 5.12. The van der Waals surface area contributed by atoms with Crippen LogP contribution in [0.15, 0.2) is 42.5 Å². The van der Waals surface area contributed by atoms with E-state index in [0.717, 1.165) is 0 Å². The molecule has 0 heterocycles. The molecule has 0 amide bonds. The molecule has 0 fully saturated rings. The van der Waals surface area contributed by atoms with Gasteiger partial charge in [-0.1, -0.05) is 42.5 Å². The minimum atomic E-state index is 0. The summed E-state index contributed by atoms with van der Waals surface area (Å²) in [6.07, 6.45) is 6.88. The molecule has 2 aromatic carbocycles. The Kier molecular flexibility index (Phi) is 3.00. The molecular weight excluding hydrogens is 175 g/mol. The maximum absolute atomic E-state index is 2.33. The Morgan fingerprint density at radius 3 is 2.47 bits per heavy atom. The molecule has 0 saturated carbocycles. The largest absolute Gasteiger partial charge is 0.0836 e. The van der Waals surface area contributed by atoms with Crippen molar-refractivity contribution in [2.75, 3.05) is 0 Å². The summed E-state index contributed by atoms with van der Waals surface area (Å²) in [5.41, 5.74) is 2.89. The second-order valence-corrected chi connectivity index (χ2v) is 3.84. The van der Waals surface area contributed by atoms with Crippen LogP contribution >= 0.6 is 0 Å². The first kappa shape index (κ1) is 10.6. The van der Waals surface area contributed by atoms with Gasteiger partial charge >= 0.3 is 0 Å². The summed E-state index contributed by atoms with van der Waals surface area (Å²) in [7, 11) is 0. The molecule has 0 nitrogen and oxygen atoms in total. The van der Waals surface area contributed by atoms with Gasteiger partial charge in [0.05, 0.1) is 0 Å². The van der Waals surface area contributed by atoms with Gasteiger partial charge in [0.1, 0.15) is 0 Å². The van der Waals surface area contributed by atoms with Gasteiger partial charge in [-0.05, 0) is 40.8 Å². The zero-order chi connectivity index (χ0) is 9.38. The third-order valence-corrected chi connectivity index (χ3v) is 2.89. The zero-order valence-electron chi connectivity index (χ0n) is 9.03. The predicted octanol–water partition coefficient (Wildman–Crippen LogP) is 3.42. The number of hydrogen-bond acceptors (Lipinski definition) is 0. The van der Waals surface area contributed by atoms with E-state index in [9.17, 15) is 0 Å². The van der Waals surface area contributed by atoms with Gasteiger partial charge in [0.25, 0.3) is 0 Å². The second kappa shape index (κ2) is 4.27. The van der Waals surface area contributed by atoms with Crippen molar-refractivity contribution in [2.45, 2.75) is 12.8 Å². The molecule has 1 aliphatic rings. The van der Waals surface area contributed by atoms with Crippen LogP contribution in [0.4, 0.5) is 0 Å². The molecule has 69 valence electrons. The Morgan fingerprint density at radius 1 is 0.933 bits per heavy atom. The summed E-state index contributed by atoms with van der Waals surface area (Å²) in [6, 6.07) is 13.2. The number of hydrogen-bond donors (Lipinski definition) is 0. The third kappa shape index (κ3) is 1.88. The maximum atomic E-state index is 2.33. The van der Waals surface area contributed by atoms with Crippen LogP contribution in [0.5, 0.6) is 0 Å². The number of fused-ring (bicyclic) bond motifs is 2. The molecule has 0 spiro atoms. The van der Waals surface area contributed by atoms with Crippen molar-refractivity contribution in [1.82, 2.24) is 0 Å². The van der Waals surface area contributed by atoms with E-state index in [2.05, 4.69) is 48.6 Å². The Hall–Kier alpha value is -0.963. The second-order valence-electron chi connectivity index (χ2n) is 3.84. The molecule has 0 aliphatic heterocycles. The van der Waals surface area contributed by atoms with E-state index >= 15 is 0 Å². The van der Waals surface area contributed by atoms with Gasteiger partial charge < -0.3 is 0 Å². The number of aryl methyl sites for hydroxylation is 1. The van der Waals surface area contributed by atoms with Gasteiger partial charge in [-0.3, -0.25) is 0 Å². The Bertz CT molecular complexity index is 512. The molecule has 0 bridgehead atoms. The average Bonchev–Trinajstić information content (AvgIpc) is 2.26. The fraction of sp³-hybridized carbons (Fsp3) is 0.143. The molecule has 1 radical (unpaired) electrons. The van der Waals surface area contributed by atoms with Gasteiger partial charge in [0, 0.05) is 18.9 Å². The molecule has 2 aromatic rings. The monoisotopic (exact) mass is 187 g/mol. The molecule has 3 rings (SSSR count). The van der Waals surface area contributed by atoms with Crippen molar-refractivity contribution in [3.63, 3.8) is 0 Å². The standard InChI is InChI=1S/C14H12.Li/c1-2-6-12-10-14-8-4-3-7-13(14)9-11(12)5-1;/h1-3,5-7,9-10H,4,8H2;. The van der Waals surface area contributed by atoms with E-state index in [1.165, 1.54) is 34.7 Å². The summed E-state index contributed by atoms with van der Waals surface area (Å²) >= 11 is 0. The van der Waals surface area contributed by atoms with E-state index in [0.29, 0.717) is 0 Å². The van der Waals surface area contributed by atoms with Crippen molar-refractivity contribution in [3.05, 3.63) is 53.6 Å². The van der Waals surface area contributed by atoms with Gasteiger partial charge in [0.15, 0.2) is 0 Å². The van der Waals surface area contributed by atoms with Crippen LogP contribution in [0.2, 0.25) is 0 Å². The Balaban J connectivity index is 0.000000853. The molecule has 1 aliphatic carbocycles. The topological polar surface area (TPSA) is 0 Å². The van der Waals surface area contributed by atoms with Crippen molar-refractivity contribution < 1.29 is 0 Å². The molecular formula is C14H12Li. The fourth-order valence-electron chi connectivity index (χ4n) is 2.13. The van der Waals surface area contributed by atoms with E-state index in [4.69, 9.17) is 0 Å². The molecule has 0 atom stereocenters. The minimum Gasteiger partial charge on any atom is -0.0836 e. The summed E-state index contributed by atoms with van der Waals surface area (Å²) in [5.74, 6) is 0. The first-order chi connectivity index (χ1) is 6.93. The van der Waals surface area contributed by atoms with E-state index in [1.54, 1.807) is 0 Å². The van der Waals surface area contributed by atoms with Crippen molar-refractivity contribution in [1.29, 1.82) is 0 Å². The molecule has 0 aromatic heterocycles. The summed E-state index contributed by atoms with van der Waals surface area (Å²) in [4.78, 5) is 0. The Labute approximate surface area is 102 Å². The van der Waals surface area contributed by atoms with Gasteiger partial charge in [0.2, 0.25) is 0 Å². The summed E-state index contributed by atoms with van der Waals surface area (Å²) in [5, 5.41) is 2.71. The summed E-state index contributed by atoms with van der Waals surface area (Å²) in [6.45, 7) is 0. The Morgan fingerprint density at radius 2 is 1.67 bits per heavy atom. The summed E-state index contributed by atoms with van der Waals surface area (Å²) < 4.78 is 0. The zero-order valence-corrected chi connectivity index (χ0v) is 9.03.